The van der Waals surface area contributed by atoms with Gasteiger partial charge in [0.25, 0.3) is 0 Å². The fourth-order valence-corrected chi connectivity index (χ4v) is 1.21. The van der Waals surface area contributed by atoms with E-state index in [0.29, 0.717) is 10.9 Å². The molecular formula is C5H3ClN2S. The zero-order valence-corrected chi connectivity index (χ0v) is 6.04. The van der Waals surface area contributed by atoms with Crippen LogP contribution in [0.5, 0.6) is 0 Å². The van der Waals surface area contributed by atoms with Crippen molar-refractivity contribution in [3.05, 3.63) is 9.47 Å². The monoisotopic (exact) mass is 158 g/mol. The molecule has 0 atom stereocenters. The quantitative estimate of drug-likeness (QED) is 0.577. The summed E-state index contributed by atoms with van der Waals surface area (Å²) in [5, 5.41) is 8.07. The van der Waals surface area contributed by atoms with Gasteiger partial charge in [-0.05, 0) is 11.6 Å². The summed E-state index contributed by atoms with van der Waals surface area (Å²) in [5.41, 5.74) is 0. The number of hydrogen-bond donors (Lipinski definition) is 0. The van der Waals surface area contributed by atoms with Gasteiger partial charge >= 0.3 is 0 Å². The van der Waals surface area contributed by atoms with Crippen LogP contribution in [0.4, 0.5) is 0 Å². The summed E-state index contributed by atoms with van der Waals surface area (Å²) >= 11 is 6.79. The van der Waals surface area contributed by atoms with Gasteiger partial charge in [-0.2, -0.15) is 0 Å². The van der Waals surface area contributed by atoms with Gasteiger partial charge in [-0.3, -0.25) is 0 Å². The van der Waals surface area contributed by atoms with E-state index in [1.54, 1.807) is 0 Å². The Morgan fingerprint density at radius 3 is 2.89 bits per heavy atom. The predicted molar refractivity (Wildman–Crippen MR) is 37.5 cm³/mol. The minimum absolute atomic E-state index is 0.445. The van der Waals surface area contributed by atoms with Crippen LogP contribution in [-0.2, 0) is 6.42 Å². The van der Waals surface area contributed by atoms with Gasteiger partial charge in [0.05, 0.1) is 6.42 Å². The van der Waals surface area contributed by atoms with Crippen molar-refractivity contribution in [2.24, 2.45) is 0 Å². The van der Waals surface area contributed by atoms with Gasteiger partial charge in [0.15, 0.2) is 0 Å². The summed E-state index contributed by atoms with van der Waals surface area (Å²) < 4.78 is 0.445. The summed E-state index contributed by atoms with van der Waals surface area (Å²) in [6, 6.07) is 0. The first-order chi connectivity index (χ1) is 4.33. The number of halogens is 1. The SMILES string of the molecule is C#CCc1nnc(Cl)s1. The van der Waals surface area contributed by atoms with E-state index >= 15 is 0 Å². The molecule has 2 nitrogen and oxygen atoms in total. The van der Waals surface area contributed by atoms with Gasteiger partial charge < -0.3 is 0 Å². The van der Waals surface area contributed by atoms with E-state index < -0.39 is 0 Å². The van der Waals surface area contributed by atoms with Crippen molar-refractivity contribution in [2.45, 2.75) is 6.42 Å². The molecule has 4 heteroatoms. The molecule has 1 aromatic heterocycles. The number of hydrogen-bond acceptors (Lipinski definition) is 3. The maximum absolute atomic E-state index is 5.47. The number of aromatic nitrogens is 2. The third-order valence-electron chi connectivity index (χ3n) is 0.695. The highest BCUT2D eigenvalue weighted by Gasteiger charge is 1.97. The van der Waals surface area contributed by atoms with E-state index in [1.807, 2.05) is 0 Å². The highest BCUT2D eigenvalue weighted by atomic mass is 35.5. The smallest absolute Gasteiger partial charge is 0.141 e. The van der Waals surface area contributed by atoms with Crippen molar-refractivity contribution in [1.82, 2.24) is 10.2 Å². The molecule has 46 valence electrons. The molecule has 9 heavy (non-hydrogen) atoms. The van der Waals surface area contributed by atoms with Crippen LogP contribution >= 0.6 is 22.9 Å². The Morgan fingerprint density at radius 1 is 1.67 bits per heavy atom. The van der Waals surface area contributed by atoms with Crippen molar-refractivity contribution in [1.29, 1.82) is 0 Å². The van der Waals surface area contributed by atoms with Crippen LogP contribution in [0.2, 0.25) is 4.47 Å². The van der Waals surface area contributed by atoms with Crippen molar-refractivity contribution < 1.29 is 0 Å². The number of rotatable bonds is 1. The molecule has 0 aromatic carbocycles. The lowest BCUT2D eigenvalue weighted by Crippen LogP contribution is -1.77. The second kappa shape index (κ2) is 2.81. The second-order valence-electron chi connectivity index (χ2n) is 1.33. The molecule has 0 bridgehead atoms. The highest BCUT2D eigenvalue weighted by Crippen LogP contribution is 2.14. The predicted octanol–water partition coefficient (Wildman–Crippen LogP) is 1.37. The molecule has 0 amide bonds. The third kappa shape index (κ3) is 1.67. The Balaban J connectivity index is 2.76. The molecule has 0 aliphatic carbocycles. The minimum atomic E-state index is 0.445. The Bertz CT molecular complexity index is 237. The van der Waals surface area contributed by atoms with Crippen LogP contribution in [0, 0.1) is 12.3 Å². The Kier molecular flexibility index (Phi) is 2.04. The van der Waals surface area contributed by atoms with Crippen LogP contribution in [0.25, 0.3) is 0 Å². The lowest BCUT2D eigenvalue weighted by atomic mass is 10.5. The summed E-state index contributed by atoms with van der Waals surface area (Å²) in [4.78, 5) is 0. The van der Waals surface area contributed by atoms with Crippen LogP contribution in [-0.4, -0.2) is 10.2 Å². The van der Waals surface area contributed by atoms with Gasteiger partial charge in [0.1, 0.15) is 5.01 Å². The molecule has 0 saturated carbocycles. The summed E-state index contributed by atoms with van der Waals surface area (Å²) in [5.74, 6) is 2.45. The Morgan fingerprint density at radius 2 is 2.44 bits per heavy atom. The van der Waals surface area contributed by atoms with E-state index in [4.69, 9.17) is 18.0 Å². The van der Waals surface area contributed by atoms with Crippen molar-refractivity contribution in [2.75, 3.05) is 0 Å². The lowest BCUT2D eigenvalue weighted by Gasteiger charge is -1.75. The molecule has 1 heterocycles. The summed E-state index contributed by atoms with van der Waals surface area (Å²) in [6.45, 7) is 0. The molecule has 0 radical (unpaired) electrons. The zero-order chi connectivity index (χ0) is 6.69. The first-order valence-corrected chi connectivity index (χ1v) is 3.43. The van der Waals surface area contributed by atoms with E-state index in [1.165, 1.54) is 11.3 Å². The van der Waals surface area contributed by atoms with Crippen molar-refractivity contribution in [3.63, 3.8) is 0 Å². The average Bonchev–Trinajstić information content (AvgIpc) is 2.17. The molecule has 1 rings (SSSR count). The van der Waals surface area contributed by atoms with Gasteiger partial charge in [0, 0.05) is 0 Å². The average molecular weight is 159 g/mol. The van der Waals surface area contributed by atoms with Gasteiger partial charge in [-0.1, -0.05) is 17.3 Å². The maximum Gasteiger partial charge on any atom is 0.207 e. The van der Waals surface area contributed by atoms with E-state index in [-0.39, 0.29) is 0 Å². The minimum Gasteiger partial charge on any atom is -0.141 e. The highest BCUT2D eigenvalue weighted by molar-refractivity contribution is 7.15. The van der Waals surface area contributed by atoms with Crippen LogP contribution in [0.1, 0.15) is 5.01 Å². The molecule has 0 spiro atoms. The molecule has 0 aliphatic heterocycles. The van der Waals surface area contributed by atoms with Crippen LogP contribution in [0.15, 0.2) is 0 Å². The first kappa shape index (κ1) is 6.53. The molecule has 0 aliphatic rings. The number of nitrogens with zero attached hydrogens (tertiary/aromatic N) is 2. The van der Waals surface area contributed by atoms with Crippen LogP contribution in [0.3, 0.4) is 0 Å². The largest absolute Gasteiger partial charge is 0.207 e. The standard InChI is InChI=1S/C5H3ClN2S/c1-2-3-4-7-8-5(6)9-4/h1H,3H2. The Hall–Kier alpha value is -0.590. The fourth-order valence-electron chi connectivity index (χ4n) is 0.392. The van der Waals surface area contributed by atoms with Gasteiger partial charge in [0.2, 0.25) is 4.47 Å². The van der Waals surface area contributed by atoms with E-state index in [2.05, 4.69) is 16.1 Å². The van der Waals surface area contributed by atoms with E-state index in [9.17, 15) is 0 Å². The molecular weight excluding hydrogens is 156 g/mol. The fraction of sp³-hybridized carbons (Fsp3) is 0.200. The number of terminal acetylenes is 1. The van der Waals surface area contributed by atoms with Gasteiger partial charge in [-0.15, -0.1) is 16.6 Å². The molecule has 0 N–H and O–H groups in total. The summed E-state index contributed by atoms with van der Waals surface area (Å²) in [6.07, 6.45) is 5.53. The third-order valence-corrected chi connectivity index (χ3v) is 1.71. The van der Waals surface area contributed by atoms with Crippen molar-refractivity contribution >= 4 is 22.9 Å². The second-order valence-corrected chi connectivity index (χ2v) is 2.97. The van der Waals surface area contributed by atoms with Crippen LogP contribution < -0.4 is 0 Å². The van der Waals surface area contributed by atoms with E-state index in [0.717, 1.165) is 5.01 Å². The Labute approximate surface area is 61.9 Å². The summed E-state index contributed by atoms with van der Waals surface area (Å²) in [7, 11) is 0. The van der Waals surface area contributed by atoms with Gasteiger partial charge in [-0.25, -0.2) is 0 Å². The maximum atomic E-state index is 5.47. The molecule has 0 fully saturated rings. The normalized spacial score (nSPS) is 8.89. The molecule has 1 aromatic rings. The molecule has 0 unspecified atom stereocenters. The zero-order valence-electron chi connectivity index (χ0n) is 4.47. The topological polar surface area (TPSA) is 25.8 Å². The molecule has 0 saturated heterocycles. The first-order valence-electron chi connectivity index (χ1n) is 2.24. The van der Waals surface area contributed by atoms with Crippen molar-refractivity contribution in [3.8, 4) is 12.3 Å². The lowest BCUT2D eigenvalue weighted by molar-refractivity contribution is 1.03.